The average molecular weight is 388 g/mol. The van der Waals surface area contributed by atoms with E-state index in [0.717, 1.165) is 33.8 Å². The molecule has 7 nitrogen and oxygen atoms in total. The van der Waals surface area contributed by atoms with Crippen molar-refractivity contribution in [3.63, 3.8) is 0 Å². The number of aromatic nitrogens is 4. The van der Waals surface area contributed by atoms with E-state index in [9.17, 15) is 0 Å². The van der Waals surface area contributed by atoms with Crippen LogP contribution in [0.25, 0.3) is 16.2 Å². The number of aryl methyl sites for hydroxylation is 2. The van der Waals surface area contributed by atoms with E-state index in [1.165, 1.54) is 10.4 Å². The van der Waals surface area contributed by atoms with Crippen LogP contribution in [0.15, 0.2) is 6.07 Å². The molecule has 4 heterocycles. The smallest absolute Gasteiger partial charge is 0.254 e. The van der Waals surface area contributed by atoms with Gasteiger partial charge in [-0.3, -0.25) is 0 Å². The highest BCUT2D eigenvalue weighted by Gasteiger charge is 2.31. The lowest BCUT2D eigenvalue weighted by Gasteiger charge is -2.30. The second-order valence-corrected chi connectivity index (χ2v) is 8.71. The number of fused-ring (bicyclic) bond motifs is 3. The molecular formula is C19H25N5O2S. The number of hydrogen-bond donors (Lipinski definition) is 2. The third kappa shape index (κ3) is 3.44. The van der Waals surface area contributed by atoms with Gasteiger partial charge in [0.15, 0.2) is 0 Å². The Morgan fingerprint density at radius 2 is 2.15 bits per heavy atom. The molecule has 0 saturated heterocycles. The SMILES string of the molecule is Cc1cc(C)n(-c2nc(NCCCO)c3c4c(sc3n2)COC(C)(C)C4)n1. The molecule has 144 valence electrons. The maximum Gasteiger partial charge on any atom is 0.254 e. The van der Waals surface area contributed by atoms with Crippen molar-refractivity contribution in [2.45, 2.75) is 52.7 Å². The summed E-state index contributed by atoms with van der Waals surface area (Å²) in [6, 6.07) is 2.02. The number of nitrogens with one attached hydrogen (secondary N) is 1. The van der Waals surface area contributed by atoms with Crippen molar-refractivity contribution < 1.29 is 9.84 Å². The van der Waals surface area contributed by atoms with Gasteiger partial charge < -0.3 is 15.2 Å². The average Bonchev–Trinajstić information content (AvgIpc) is 3.13. The van der Waals surface area contributed by atoms with Gasteiger partial charge in [0, 0.05) is 30.1 Å². The van der Waals surface area contributed by atoms with Crippen LogP contribution >= 0.6 is 11.3 Å². The summed E-state index contributed by atoms with van der Waals surface area (Å²) in [7, 11) is 0. The van der Waals surface area contributed by atoms with Crippen molar-refractivity contribution >= 4 is 27.4 Å². The van der Waals surface area contributed by atoms with Crippen LogP contribution < -0.4 is 5.32 Å². The monoisotopic (exact) mass is 387 g/mol. The minimum absolute atomic E-state index is 0.147. The number of aliphatic hydroxyl groups excluding tert-OH is 1. The van der Waals surface area contributed by atoms with E-state index in [0.29, 0.717) is 25.5 Å². The van der Waals surface area contributed by atoms with Gasteiger partial charge in [-0.1, -0.05) is 0 Å². The summed E-state index contributed by atoms with van der Waals surface area (Å²) in [5, 5.41) is 18.2. The van der Waals surface area contributed by atoms with Gasteiger partial charge in [-0.25, -0.2) is 4.68 Å². The second-order valence-electron chi connectivity index (χ2n) is 7.62. The Kier molecular flexibility index (Phi) is 4.65. The predicted molar refractivity (Wildman–Crippen MR) is 107 cm³/mol. The molecule has 0 amide bonds. The number of anilines is 1. The van der Waals surface area contributed by atoms with Crippen LogP contribution in [-0.2, 0) is 17.8 Å². The van der Waals surface area contributed by atoms with E-state index in [2.05, 4.69) is 24.3 Å². The molecule has 3 aromatic heterocycles. The standard InChI is InChI=1S/C19H25N5O2S/c1-11-8-12(2)24(23-11)18-21-16(20-6-5-7-25)15-13-9-19(3,4)26-10-14(13)27-17(15)22-18/h8,25H,5-7,9-10H2,1-4H3,(H,20,21,22). The first-order chi connectivity index (χ1) is 12.9. The van der Waals surface area contributed by atoms with Gasteiger partial charge in [-0.2, -0.15) is 15.1 Å². The van der Waals surface area contributed by atoms with Gasteiger partial charge in [-0.05, 0) is 45.7 Å². The van der Waals surface area contributed by atoms with Crippen LogP contribution in [0.4, 0.5) is 5.82 Å². The number of ether oxygens (including phenoxy) is 1. The largest absolute Gasteiger partial charge is 0.396 e. The van der Waals surface area contributed by atoms with Crippen molar-refractivity contribution in [1.29, 1.82) is 0 Å². The van der Waals surface area contributed by atoms with Crippen molar-refractivity contribution in [2.75, 3.05) is 18.5 Å². The Balaban J connectivity index is 1.87. The molecule has 0 atom stereocenters. The molecule has 0 spiro atoms. The summed E-state index contributed by atoms with van der Waals surface area (Å²) in [4.78, 5) is 11.8. The summed E-state index contributed by atoms with van der Waals surface area (Å²) in [6.45, 7) is 9.60. The van der Waals surface area contributed by atoms with Crippen LogP contribution in [0, 0.1) is 13.8 Å². The highest BCUT2D eigenvalue weighted by molar-refractivity contribution is 7.19. The zero-order valence-electron chi connectivity index (χ0n) is 16.2. The van der Waals surface area contributed by atoms with Crippen LogP contribution in [-0.4, -0.2) is 43.6 Å². The van der Waals surface area contributed by atoms with Crippen LogP contribution in [0.5, 0.6) is 0 Å². The fourth-order valence-electron chi connectivity index (χ4n) is 3.47. The second kappa shape index (κ2) is 6.85. The van der Waals surface area contributed by atoms with Crippen LogP contribution in [0.2, 0.25) is 0 Å². The highest BCUT2D eigenvalue weighted by Crippen LogP contribution is 2.41. The topological polar surface area (TPSA) is 85.1 Å². The molecule has 27 heavy (non-hydrogen) atoms. The highest BCUT2D eigenvalue weighted by atomic mass is 32.1. The third-order valence-corrected chi connectivity index (χ3v) is 5.84. The number of thiophene rings is 1. The molecule has 0 radical (unpaired) electrons. The summed E-state index contributed by atoms with van der Waals surface area (Å²) >= 11 is 1.67. The lowest BCUT2D eigenvalue weighted by molar-refractivity contribution is -0.0379. The molecule has 3 aromatic rings. The number of aliphatic hydroxyl groups is 1. The zero-order valence-corrected chi connectivity index (χ0v) is 17.0. The van der Waals surface area contributed by atoms with Crippen LogP contribution in [0.1, 0.15) is 42.1 Å². The van der Waals surface area contributed by atoms with Gasteiger partial charge in [0.1, 0.15) is 10.6 Å². The van der Waals surface area contributed by atoms with E-state index in [4.69, 9.17) is 19.8 Å². The summed E-state index contributed by atoms with van der Waals surface area (Å²) in [5.41, 5.74) is 3.01. The van der Waals surface area contributed by atoms with Gasteiger partial charge in [0.05, 0.1) is 23.3 Å². The third-order valence-electron chi connectivity index (χ3n) is 4.75. The van der Waals surface area contributed by atoms with Gasteiger partial charge in [0.2, 0.25) is 0 Å². The molecular weight excluding hydrogens is 362 g/mol. The van der Waals surface area contributed by atoms with Gasteiger partial charge in [-0.15, -0.1) is 11.3 Å². The molecule has 1 aliphatic rings. The molecule has 2 N–H and O–H groups in total. The first-order valence-corrected chi connectivity index (χ1v) is 10.0. The maximum absolute atomic E-state index is 9.15. The van der Waals surface area contributed by atoms with E-state index in [1.54, 1.807) is 16.0 Å². The predicted octanol–water partition coefficient (Wildman–Crippen LogP) is 3.14. The fraction of sp³-hybridized carbons (Fsp3) is 0.526. The fourth-order valence-corrected chi connectivity index (χ4v) is 4.57. The first kappa shape index (κ1) is 18.3. The minimum Gasteiger partial charge on any atom is -0.396 e. The Bertz CT molecular complexity index is 992. The van der Waals surface area contributed by atoms with Gasteiger partial charge >= 0.3 is 0 Å². The normalized spacial score (nSPS) is 15.9. The lowest BCUT2D eigenvalue weighted by Crippen LogP contribution is -2.31. The van der Waals surface area contributed by atoms with Crippen LogP contribution in [0.3, 0.4) is 0 Å². The lowest BCUT2D eigenvalue weighted by atomic mass is 9.94. The molecule has 0 fully saturated rings. The van der Waals surface area contributed by atoms with E-state index >= 15 is 0 Å². The van der Waals surface area contributed by atoms with E-state index in [1.807, 2.05) is 19.9 Å². The quantitative estimate of drug-likeness (QED) is 0.654. The molecule has 0 saturated carbocycles. The Morgan fingerprint density at radius 3 is 2.85 bits per heavy atom. The van der Waals surface area contributed by atoms with E-state index in [-0.39, 0.29) is 12.2 Å². The first-order valence-electron chi connectivity index (χ1n) is 9.22. The molecule has 0 aliphatic carbocycles. The van der Waals surface area contributed by atoms with Crippen molar-refractivity contribution in [3.8, 4) is 5.95 Å². The molecule has 0 unspecified atom stereocenters. The number of nitrogens with zero attached hydrogens (tertiary/aromatic N) is 4. The van der Waals surface area contributed by atoms with Gasteiger partial charge in [0.25, 0.3) is 5.95 Å². The Hall–Kier alpha value is -2.03. The maximum atomic E-state index is 9.15. The Morgan fingerprint density at radius 1 is 1.33 bits per heavy atom. The van der Waals surface area contributed by atoms with Crippen molar-refractivity contribution in [2.24, 2.45) is 0 Å². The summed E-state index contributed by atoms with van der Waals surface area (Å²) in [5.74, 6) is 1.38. The molecule has 4 rings (SSSR count). The molecule has 0 bridgehead atoms. The van der Waals surface area contributed by atoms with Crippen molar-refractivity contribution in [3.05, 3.63) is 27.9 Å². The number of rotatable bonds is 5. The molecule has 0 aromatic carbocycles. The van der Waals surface area contributed by atoms with E-state index < -0.39 is 0 Å². The zero-order chi connectivity index (χ0) is 19.2. The minimum atomic E-state index is -0.197. The Labute approximate surface area is 162 Å². The summed E-state index contributed by atoms with van der Waals surface area (Å²) in [6.07, 6.45) is 1.50. The number of hydrogen-bond acceptors (Lipinski definition) is 7. The summed E-state index contributed by atoms with van der Waals surface area (Å²) < 4.78 is 7.77. The molecule has 8 heteroatoms. The molecule has 1 aliphatic heterocycles. The van der Waals surface area contributed by atoms with Crippen molar-refractivity contribution in [1.82, 2.24) is 19.7 Å².